The molecule has 1 aliphatic heterocycles. The number of esters is 1. The lowest BCUT2D eigenvalue weighted by molar-refractivity contribution is -0.384. The lowest BCUT2D eigenvalue weighted by atomic mass is 10.1. The van der Waals surface area contributed by atoms with Gasteiger partial charge < -0.3 is 14.5 Å². The fourth-order valence-corrected chi connectivity index (χ4v) is 4.21. The molecule has 1 aromatic carbocycles. The van der Waals surface area contributed by atoms with Crippen molar-refractivity contribution in [1.29, 1.82) is 0 Å². The van der Waals surface area contributed by atoms with Crippen LogP contribution < -0.4 is 4.90 Å². The molecular weight excluding hydrogens is 410 g/mol. The van der Waals surface area contributed by atoms with E-state index in [1.165, 1.54) is 30.6 Å². The van der Waals surface area contributed by atoms with Gasteiger partial charge in [0.2, 0.25) is 0 Å². The zero-order chi connectivity index (χ0) is 21.3. The number of rotatable bonds is 4. The van der Waals surface area contributed by atoms with Gasteiger partial charge in [-0.3, -0.25) is 14.9 Å². The van der Waals surface area contributed by atoms with Gasteiger partial charge in [-0.15, -0.1) is 0 Å². The number of nitro benzene ring substituents is 1. The van der Waals surface area contributed by atoms with Crippen molar-refractivity contribution in [3.05, 3.63) is 57.8 Å². The number of aromatic nitrogens is 2. The van der Waals surface area contributed by atoms with Crippen molar-refractivity contribution in [2.75, 3.05) is 38.2 Å². The fourth-order valence-electron chi connectivity index (χ4n) is 3.25. The predicted molar refractivity (Wildman–Crippen MR) is 110 cm³/mol. The highest BCUT2D eigenvalue weighted by Crippen LogP contribution is 2.28. The average Bonchev–Trinajstić information content (AvgIpc) is 3.22. The monoisotopic (exact) mass is 427 g/mol. The highest BCUT2D eigenvalue weighted by atomic mass is 32.1. The number of non-ortho nitro benzene ring substituents is 1. The van der Waals surface area contributed by atoms with Crippen LogP contribution in [-0.4, -0.2) is 65.0 Å². The summed E-state index contributed by atoms with van der Waals surface area (Å²) in [6.07, 6.45) is 1.72. The number of carbonyl (C=O) groups excluding carboxylic acids is 2. The number of nitro groups is 1. The van der Waals surface area contributed by atoms with Gasteiger partial charge in [0.05, 0.1) is 17.6 Å². The molecule has 1 fully saturated rings. The van der Waals surface area contributed by atoms with Gasteiger partial charge in [0.1, 0.15) is 10.3 Å². The molecule has 3 heterocycles. The minimum Gasteiger partial charge on any atom is -0.465 e. The fraction of sp³-hybridized carbons (Fsp3) is 0.263. The highest BCUT2D eigenvalue weighted by molar-refractivity contribution is 7.21. The molecule has 30 heavy (non-hydrogen) atoms. The lowest BCUT2D eigenvalue weighted by Gasteiger charge is -2.34. The third-order valence-electron chi connectivity index (χ3n) is 4.79. The van der Waals surface area contributed by atoms with E-state index in [0.717, 1.165) is 21.5 Å². The summed E-state index contributed by atoms with van der Waals surface area (Å²) in [6, 6.07) is 7.35. The molecule has 2 aromatic heterocycles. The number of hydrogen-bond donors (Lipinski definition) is 0. The Bertz CT molecular complexity index is 1110. The maximum atomic E-state index is 12.9. The summed E-state index contributed by atoms with van der Waals surface area (Å²) in [4.78, 5) is 48.8. The summed E-state index contributed by atoms with van der Waals surface area (Å²) in [5.74, 6) is -1.10. The zero-order valence-corrected chi connectivity index (χ0v) is 16.8. The number of fused-ring (bicyclic) bond motifs is 1. The van der Waals surface area contributed by atoms with Crippen molar-refractivity contribution in [2.45, 2.75) is 0 Å². The van der Waals surface area contributed by atoms with E-state index in [9.17, 15) is 19.7 Å². The quantitative estimate of drug-likeness (QED) is 0.354. The van der Waals surface area contributed by atoms with Crippen LogP contribution in [-0.2, 0) is 4.74 Å². The standard InChI is InChI=1S/C19H17N5O5S/c1-29-18(26)13-9-12(10-14(11-13)24(27)28)17(25)22-5-7-23(8-6-22)19-21-15-3-2-4-20-16(15)30-19/h2-4,9-11H,5-8H2,1H3. The summed E-state index contributed by atoms with van der Waals surface area (Å²) >= 11 is 1.50. The first-order valence-corrected chi connectivity index (χ1v) is 9.91. The van der Waals surface area contributed by atoms with Gasteiger partial charge in [0, 0.05) is 50.1 Å². The van der Waals surface area contributed by atoms with E-state index in [2.05, 4.69) is 19.6 Å². The van der Waals surface area contributed by atoms with Crippen molar-refractivity contribution in [1.82, 2.24) is 14.9 Å². The van der Waals surface area contributed by atoms with Crippen LogP contribution in [0.4, 0.5) is 10.8 Å². The van der Waals surface area contributed by atoms with Crippen molar-refractivity contribution in [3.63, 3.8) is 0 Å². The number of pyridine rings is 1. The molecule has 1 aliphatic rings. The Balaban J connectivity index is 1.50. The van der Waals surface area contributed by atoms with Crippen molar-refractivity contribution in [2.24, 2.45) is 0 Å². The van der Waals surface area contributed by atoms with Crippen LogP contribution in [0.25, 0.3) is 10.3 Å². The van der Waals surface area contributed by atoms with Gasteiger partial charge in [-0.05, 0) is 18.2 Å². The highest BCUT2D eigenvalue weighted by Gasteiger charge is 2.26. The normalized spacial score (nSPS) is 14.0. The summed E-state index contributed by atoms with van der Waals surface area (Å²) in [5.41, 5.74) is 0.558. The second kappa shape index (κ2) is 8.03. The molecule has 11 heteroatoms. The van der Waals surface area contributed by atoms with Crippen molar-refractivity contribution in [3.8, 4) is 0 Å². The minimum atomic E-state index is -0.734. The van der Waals surface area contributed by atoms with Gasteiger partial charge in [-0.1, -0.05) is 11.3 Å². The third-order valence-corrected chi connectivity index (χ3v) is 5.83. The van der Waals surface area contributed by atoms with Gasteiger partial charge in [-0.2, -0.15) is 0 Å². The number of anilines is 1. The Morgan fingerprint density at radius 3 is 2.57 bits per heavy atom. The van der Waals surface area contributed by atoms with E-state index in [1.807, 2.05) is 12.1 Å². The number of hydrogen-bond acceptors (Lipinski definition) is 9. The van der Waals surface area contributed by atoms with Crippen LogP contribution in [0.5, 0.6) is 0 Å². The van der Waals surface area contributed by atoms with Crippen LogP contribution in [0.15, 0.2) is 36.5 Å². The number of methoxy groups -OCH3 is 1. The smallest absolute Gasteiger partial charge is 0.338 e. The number of piperazine rings is 1. The van der Waals surface area contributed by atoms with Gasteiger partial charge >= 0.3 is 5.97 Å². The molecule has 10 nitrogen and oxygen atoms in total. The third kappa shape index (κ3) is 3.79. The van der Waals surface area contributed by atoms with Crippen LogP contribution in [0.3, 0.4) is 0 Å². The van der Waals surface area contributed by atoms with E-state index in [-0.39, 0.29) is 22.7 Å². The van der Waals surface area contributed by atoms with E-state index >= 15 is 0 Å². The zero-order valence-electron chi connectivity index (χ0n) is 16.0. The number of benzene rings is 1. The molecule has 0 aliphatic carbocycles. The lowest BCUT2D eigenvalue weighted by Crippen LogP contribution is -2.48. The van der Waals surface area contributed by atoms with Crippen LogP contribution in [0.1, 0.15) is 20.7 Å². The summed E-state index contributed by atoms with van der Waals surface area (Å²) in [5, 5.41) is 12.0. The molecule has 0 N–H and O–H groups in total. The second-order valence-electron chi connectivity index (χ2n) is 6.62. The van der Waals surface area contributed by atoms with E-state index in [0.29, 0.717) is 26.2 Å². The average molecular weight is 427 g/mol. The number of thiazole rings is 1. The van der Waals surface area contributed by atoms with Crippen molar-refractivity contribution < 1.29 is 19.2 Å². The number of amides is 1. The molecular formula is C19H17N5O5S. The van der Waals surface area contributed by atoms with Gasteiger partial charge in [0.25, 0.3) is 11.6 Å². The van der Waals surface area contributed by atoms with E-state index in [1.54, 1.807) is 11.1 Å². The predicted octanol–water partition coefficient (Wildman–Crippen LogP) is 2.35. The Morgan fingerprint density at radius 2 is 1.90 bits per heavy atom. The second-order valence-corrected chi connectivity index (χ2v) is 7.58. The Morgan fingerprint density at radius 1 is 1.17 bits per heavy atom. The van der Waals surface area contributed by atoms with Gasteiger partial charge in [-0.25, -0.2) is 14.8 Å². The first kappa shape index (κ1) is 19.7. The largest absolute Gasteiger partial charge is 0.465 e. The molecule has 0 radical (unpaired) electrons. The number of carbonyl (C=O) groups is 2. The van der Waals surface area contributed by atoms with Gasteiger partial charge in [0.15, 0.2) is 5.13 Å². The molecule has 0 atom stereocenters. The number of ether oxygens (including phenoxy) is 1. The Kier molecular flexibility index (Phi) is 5.27. The van der Waals surface area contributed by atoms with Crippen LogP contribution >= 0.6 is 11.3 Å². The molecule has 3 aromatic rings. The van der Waals surface area contributed by atoms with E-state index < -0.39 is 10.9 Å². The minimum absolute atomic E-state index is 0.0318. The Hall–Kier alpha value is -3.60. The SMILES string of the molecule is COC(=O)c1cc(C(=O)N2CCN(c3nc4cccnc4s3)CC2)cc([N+](=O)[O-])c1. The van der Waals surface area contributed by atoms with Crippen LogP contribution in [0, 0.1) is 10.1 Å². The molecule has 0 bridgehead atoms. The topological polar surface area (TPSA) is 119 Å². The summed E-state index contributed by atoms with van der Waals surface area (Å²) < 4.78 is 4.64. The molecule has 1 saturated heterocycles. The number of nitrogens with zero attached hydrogens (tertiary/aromatic N) is 5. The molecule has 4 rings (SSSR count). The van der Waals surface area contributed by atoms with Crippen molar-refractivity contribution >= 4 is 44.4 Å². The molecule has 0 saturated carbocycles. The molecule has 1 amide bonds. The molecule has 154 valence electrons. The molecule has 0 spiro atoms. The maximum Gasteiger partial charge on any atom is 0.338 e. The van der Waals surface area contributed by atoms with E-state index in [4.69, 9.17) is 0 Å². The van der Waals surface area contributed by atoms with Crippen LogP contribution in [0.2, 0.25) is 0 Å². The first-order valence-electron chi connectivity index (χ1n) is 9.10. The summed E-state index contributed by atoms with van der Waals surface area (Å²) in [7, 11) is 1.18. The molecule has 0 unspecified atom stereocenters. The first-order chi connectivity index (χ1) is 14.5. The summed E-state index contributed by atoms with van der Waals surface area (Å²) in [6.45, 7) is 2.01. The maximum absolute atomic E-state index is 12.9. The Labute approximate surface area is 174 Å².